The van der Waals surface area contributed by atoms with Crippen molar-refractivity contribution in [1.82, 2.24) is 5.32 Å². The summed E-state index contributed by atoms with van der Waals surface area (Å²) < 4.78 is 1.01. The second-order valence-electron chi connectivity index (χ2n) is 4.47. The average Bonchev–Trinajstić information content (AvgIpc) is 2.36. The average molecular weight is 313 g/mol. The molecule has 0 saturated carbocycles. The second kappa shape index (κ2) is 7.54. The van der Waals surface area contributed by atoms with Crippen molar-refractivity contribution in [2.24, 2.45) is 11.7 Å². The predicted octanol–water partition coefficient (Wildman–Crippen LogP) is 3.00. The van der Waals surface area contributed by atoms with Crippen LogP contribution >= 0.6 is 15.9 Å². The third kappa shape index (κ3) is 4.10. The molecule has 2 atom stereocenters. The molecule has 1 rings (SSSR count). The summed E-state index contributed by atoms with van der Waals surface area (Å²) >= 11 is 3.50. The van der Waals surface area contributed by atoms with Crippen LogP contribution in [0.15, 0.2) is 28.7 Å². The van der Waals surface area contributed by atoms with E-state index in [4.69, 9.17) is 5.73 Å². The van der Waals surface area contributed by atoms with Crippen molar-refractivity contribution in [1.29, 1.82) is 0 Å². The van der Waals surface area contributed by atoms with Crippen LogP contribution in [0.1, 0.15) is 38.3 Å². The van der Waals surface area contributed by atoms with Gasteiger partial charge in [-0.1, -0.05) is 47.5 Å². The molecule has 0 heterocycles. The van der Waals surface area contributed by atoms with E-state index in [1.165, 1.54) is 0 Å². The van der Waals surface area contributed by atoms with E-state index in [2.05, 4.69) is 28.2 Å². The number of hydrogen-bond donors (Lipinski definition) is 2. The molecule has 0 aliphatic rings. The van der Waals surface area contributed by atoms with E-state index < -0.39 is 0 Å². The summed E-state index contributed by atoms with van der Waals surface area (Å²) in [6.07, 6.45) is 1.81. The van der Waals surface area contributed by atoms with Crippen LogP contribution in [0, 0.1) is 5.92 Å². The van der Waals surface area contributed by atoms with Gasteiger partial charge in [0.1, 0.15) is 0 Å². The lowest BCUT2D eigenvalue weighted by atomic mass is 10.0. The van der Waals surface area contributed by atoms with Crippen molar-refractivity contribution in [3.63, 3.8) is 0 Å². The molecular formula is C14H21BrN2O. The van der Waals surface area contributed by atoms with Crippen molar-refractivity contribution in [2.75, 3.05) is 6.54 Å². The van der Waals surface area contributed by atoms with Crippen molar-refractivity contribution in [2.45, 2.75) is 32.7 Å². The van der Waals surface area contributed by atoms with Gasteiger partial charge in [-0.15, -0.1) is 0 Å². The molecule has 18 heavy (non-hydrogen) atoms. The molecule has 0 saturated heterocycles. The number of nitrogens with one attached hydrogen (secondary N) is 1. The van der Waals surface area contributed by atoms with Crippen LogP contribution in [0.4, 0.5) is 0 Å². The molecule has 0 aromatic heterocycles. The largest absolute Gasteiger partial charge is 0.349 e. The van der Waals surface area contributed by atoms with E-state index in [0.717, 1.165) is 22.9 Å². The van der Waals surface area contributed by atoms with E-state index in [9.17, 15) is 4.79 Å². The Hall–Kier alpha value is -0.870. The van der Waals surface area contributed by atoms with Gasteiger partial charge in [-0.3, -0.25) is 4.79 Å². The van der Waals surface area contributed by atoms with E-state index in [0.29, 0.717) is 6.54 Å². The highest BCUT2D eigenvalue weighted by Gasteiger charge is 2.19. The van der Waals surface area contributed by atoms with Crippen LogP contribution in [-0.2, 0) is 4.79 Å². The van der Waals surface area contributed by atoms with Crippen LogP contribution in [0.25, 0.3) is 0 Å². The fraction of sp³-hybridized carbons (Fsp3) is 0.500. The molecule has 0 spiro atoms. The summed E-state index contributed by atoms with van der Waals surface area (Å²) in [5, 5.41) is 3.02. The summed E-state index contributed by atoms with van der Waals surface area (Å²) in [6.45, 7) is 4.45. The number of carbonyl (C=O) groups excluding carboxylic acids is 1. The van der Waals surface area contributed by atoms with Crippen LogP contribution in [0.2, 0.25) is 0 Å². The lowest BCUT2D eigenvalue weighted by Gasteiger charge is -2.20. The number of halogens is 1. The van der Waals surface area contributed by atoms with Crippen molar-refractivity contribution < 1.29 is 4.79 Å². The molecule has 0 bridgehead atoms. The molecule has 1 aromatic rings. The lowest BCUT2D eigenvalue weighted by molar-refractivity contribution is -0.125. The fourth-order valence-corrected chi connectivity index (χ4v) is 2.57. The Bertz CT molecular complexity index is 395. The van der Waals surface area contributed by atoms with Gasteiger partial charge in [0.2, 0.25) is 5.91 Å². The van der Waals surface area contributed by atoms with E-state index in [1.54, 1.807) is 0 Å². The molecule has 0 aliphatic heterocycles. The maximum atomic E-state index is 12.1. The first kappa shape index (κ1) is 15.2. The highest BCUT2D eigenvalue weighted by molar-refractivity contribution is 9.10. The fourth-order valence-electron chi connectivity index (χ4n) is 1.94. The minimum Gasteiger partial charge on any atom is -0.349 e. The zero-order valence-electron chi connectivity index (χ0n) is 10.9. The van der Waals surface area contributed by atoms with Crippen molar-refractivity contribution in [3.8, 4) is 0 Å². The molecule has 3 N–H and O–H groups in total. The molecule has 0 radical (unpaired) electrons. The van der Waals surface area contributed by atoms with Crippen LogP contribution in [0.5, 0.6) is 0 Å². The number of rotatable bonds is 6. The Morgan fingerprint density at radius 2 is 2.11 bits per heavy atom. The monoisotopic (exact) mass is 312 g/mol. The Balaban J connectivity index is 2.67. The van der Waals surface area contributed by atoms with Gasteiger partial charge in [-0.05, 0) is 25.0 Å². The highest BCUT2D eigenvalue weighted by atomic mass is 79.9. The standard InChI is InChI=1S/C14H21BrN2O/c1-3-6-11(9-16)14(18)17-10(2)12-7-4-5-8-13(12)15/h4-5,7-8,10-11H,3,6,9,16H2,1-2H3,(H,17,18)/t10-,11?/m0/s1. The smallest absolute Gasteiger partial charge is 0.224 e. The van der Waals surface area contributed by atoms with Gasteiger partial charge >= 0.3 is 0 Å². The number of hydrogen-bond acceptors (Lipinski definition) is 2. The highest BCUT2D eigenvalue weighted by Crippen LogP contribution is 2.23. The Labute approximate surface area is 117 Å². The molecule has 1 unspecified atom stereocenters. The lowest BCUT2D eigenvalue weighted by Crippen LogP contribution is -2.36. The molecule has 1 amide bonds. The third-order valence-electron chi connectivity index (χ3n) is 3.02. The van der Waals surface area contributed by atoms with E-state index in [1.807, 2.05) is 31.2 Å². The van der Waals surface area contributed by atoms with Gasteiger partial charge in [0.25, 0.3) is 0 Å². The van der Waals surface area contributed by atoms with Crippen LogP contribution < -0.4 is 11.1 Å². The van der Waals surface area contributed by atoms with Gasteiger partial charge in [0.15, 0.2) is 0 Å². The molecule has 1 aromatic carbocycles. The number of amides is 1. The molecule has 0 aliphatic carbocycles. The molecule has 100 valence electrons. The molecule has 3 nitrogen and oxygen atoms in total. The third-order valence-corrected chi connectivity index (χ3v) is 3.75. The zero-order valence-corrected chi connectivity index (χ0v) is 12.5. The van der Waals surface area contributed by atoms with Crippen LogP contribution in [0.3, 0.4) is 0 Å². The topological polar surface area (TPSA) is 55.1 Å². The quantitative estimate of drug-likeness (QED) is 0.848. The summed E-state index contributed by atoms with van der Waals surface area (Å²) in [6, 6.07) is 7.90. The summed E-state index contributed by atoms with van der Waals surface area (Å²) in [7, 11) is 0. The second-order valence-corrected chi connectivity index (χ2v) is 5.33. The summed E-state index contributed by atoms with van der Waals surface area (Å²) in [5.41, 5.74) is 6.72. The van der Waals surface area contributed by atoms with Gasteiger partial charge in [-0.25, -0.2) is 0 Å². The van der Waals surface area contributed by atoms with E-state index in [-0.39, 0.29) is 17.9 Å². The first-order valence-electron chi connectivity index (χ1n) is 6.35. The van der Waals surface area contributed by atoms with E-state index >= 15 is 0 Å². The van der Waals surface area contributed by atoms with Gasteiger partial charge in [0.05, 0.1) is 12.0 Å². The first-order chi connectivity index (χ1) is 8.60. The minimum absolute atomic E-state index is 0.0148. The zero-order chi connectivity index (χ0) is 13.5. The predicted molar refractivity (Wildman–Crippen MR) is 78.2 cm³/mol. The first-order valence-corrected chi connectivity index (χ1v) is 7.14. The Kier molecular flexibility index (Phi) is 6.36. The number of benzene rings is 1. The van der Waals surface area contributed by atoms with Gasteiger partial charge in [0, 0.05) is 11.0 Å². The maximum absolute atomic E-state index is 12.1. The van der Waals surface area contributed by atoms with Gasteiger partial charge in [-0.2, -0.15) is 0 Å². The number of carbonyl (C=O) groups is 1. The summed E-state index contributed by atoms with van der Waals surface area (Å²) in [5.74, 6) is -0.0393. The molecular weight excluding hydrogens is 292 g/mol. The van der Waals surface area contributed by atoms with Crippen LogP contribution in [-0.4, -0.2) is 12.5 Å². The SMILES string of the molecule is CCCC(CN)C(=O)N[C@@H](C)c1ccccc1Br. The van der Waals surface area contributed by atoms with Crippen molar-refractivity contribution >= 4 is 21.8 Å². The van der Waals surface area contributed by atoms with Gasteiger partial charge < -0.3 is 11.1 Å². The maximum Gasteiger partial charge on any atom is 0.224 e. The summed E-state index contributed by atoms with van der Waals surface area (Å²) in [4.78, 5) is 12.1. The minimum atomic E-state index is -0.0834. The molecule has 0 fully saturated rings. The van der Waals surface area contributed by atoms with Crippen molar-refractivity contribution in [3.05, 3.63) is 34.3 Å². The number of nitrogens with two attached hydrogens (primary N) is 1. The Morgan fingerprint density at radius 3 is 2.67 bits per heavy atom. The Morgan fingerprint density at radius 1 is 1.44 bits per heavy atom. The molecule has 4 heteroatoms. The normalized spacial score (nSPS) is 14.0.